The second kappa shape index (κ2) is 12.2. The molecule has 4 rings (SSSR count). The van der Waals surface area contributed by atoms with E-state index in [1.165, 1.54) is 48.8 Å². The number of ether oxygens (including phenoxy) is 3. The van der Waals surface area contributed by atoms with Crippen molar-refractivity contribution in [1.82, 2.24) is 9.55 Å². The quantitative estimate of drug-likeness (QED) is 0.278. The number of unbranched alkanes of at least 4 members (excludes halogenated alkanes) is 2. The van der Waals surface area contributed by atoms with Crippen LogP contribution in [0.5, 0.6) is 0 Å². The second-order valence-electron chi connectivity index (χ2n) is 9.49. The number of aromatic nitrogens is 2. The molecule has 0 aliphatic carbocycles. The molecule has 0 spiro atoms. The molecule has 0 radical (unpaired) electrons. The monoisotopic (exact) mass is 510 g/mol. The molecule has 9 nitrogen and oxygen atoms in total. The summed E-state index contributed by atoms with van der Waals surface area (Å²) in [5.41, 5.74) is 2.32. The first-order chi connectivity index (χ1) is 17.8. The molecule has 0 saturated carbocycles. The van der Waals surface area contributed by atoms with Gasteiger partial charge in [0.2, 0.25) is 5.71 Å². The van der Waals surface area contributed by atoms with Crippen LogP contribution in [0.15, 0.2) is 45.7 Å². The Morgan fingerprint density at radius 1 is 1.05 bits per heavy atom. The first kappa shape index (κ1) is 26.6. The van der Waals surface area contributed by atoms with E-state index < -0.39 is 36.1 Å². The van der Waals surface area contributed by atoms with Gasteiger partial charge in [-0.05, 0) is 36.5 Å². The number of hydrogen-bond donors (Lipinski definition) is 0. The molecule has 3 aromatic rings. The Morgan fingerprint density at radius 3 is 2.46 bits per heavy atom. The van der Waals surface area contributed by atoms with E-state index in [4.69, 9.17) is 18.6 Å². The molecule has 1 aliphatic heterocycles. The summed E-state index contributed by atoms with van der Waals surface area (Å²) < 4.78 is 23.5. The smallest absolute Gasteiger partial charge is 0.353 e. The van der Waals surface area contributed by atoms with Crippen LogP contribution in [0.3, 0.4) is 0 Å². The summed E-state index contributed by atoms with van der Waals surface area (Å²) in [6, 6.07) is 10.6. The molecule has 198 valence electrons. The summed E-state index contributed by atoms with van der Waals surface area (Å²) in [6.07, 6.45) is 6.11. The molecule has 1 fully saturated rings. The number of esters is 2. The van der Waals surface area contributed by atoms with Gasteiger partial charge in [-0.15, -0.1) is 0 Å². The van der Waals surface area contributed by atoms with E-state index in [2.05, 4.69) is 36.2 Å². The van der Waals surface area contributed by atoms with E-state index >= 15 is 0 Å². The Morgan fingerprint density at radius 2 is 1.78 bits per heavy atom. The zero-order chi connectivity index (χ0) is 26.4. The molecule has 1 aliphatic rings. The fourth-order valence-electron chi connectivity index (χ4n) is 4.58. The molecule has 37 heavy (non-hydrogen) atoms. The van der Waals surface area contributed by atoms with Gasteiger partial charge in [-0.25, -0.2) is 4.79 Å². The number of benzene rings is 1. The van der Waals surface area contributed by atoms with E-state index in [1.807, 2.05) is 6.07 Å². The SMILES string of the molecule is CCCCCc1ccc(CCc2cc3cn([C@H]4C[C@H](OC(C)=O)[C@@H](COC(C)=O)O4)c(=O)nc3o2)cc1. The summed E-state index contributed by atoms with van der Waals surface area (Å²) in [7, 11) is 0. The molecule has 0 unspecified atom stereocenters. The van der Waals surface area contributed by atoms with E-state index in [1.54, 1.807) is 6.20 Å². The predicted molar refractivity (Wildman–Crippen MR) is 136 cm³/mol. The van der Waals surface area contributed by atoms with Gasteiger partial charge >= 0.3 is 17.6 Å². The topological polar surface area (TPSA) is 110 Å². The maximum atomic E-state index is 12.8. The van der Waals surface area contributed by atoms with Crippen LogP contribution in [-0.2, 0) is 43.1 Å². The lowest BCUT2D eigenvalue weighted by Gasteiger charge is -2.17. The number of carbonyl (C=O) groups is 2. The standard InChI is InChI=1S/C28H34N2O7/c1-4-5-6-7-20-8-10-21(11-9-20)12-13-23-14-22-16-30(28(33)29-27(22)36-23)26-15-24(35-19(3)32)25(37-26)17-34-18(2)31/h8-11,14,16,24-26H,4-7,12-13,15,17H2,1-3H3/t24-,25+,26+/m0/s1. The van der Waals surface area contributed by atoms with Crippen molar-refractivity contribution in [2.45, 2.75) is 84.2 Å². The Labute approximate surface area is 215 Å². The van der Waals surface area contributed by atoms with E-state index in [0.29, 0.717) is 11.8 Å². The number of aryl methyl sites for hydroxylation is 3. The highest BCUT2D eigenvalue weighted by molar-refractivity contribution is 5.72. The Hall–Kier alpha value is -3.46. The maximum Gasteiger partial charge on any atom is 0.353 e. The van der Waals surface area contributed by atoms with Crippen molar-refractivity contribution in [2.24, 2.45) is 0 Å². The summed E-state index contributed by atoms with van der Waals surface area (Å²) in [4.78, 5) is 39.6. The molecule has 9 heteroatoms. The van der Waals surface area contributed by atoms with Crippen LogP contribution in [0.1, 0.15) is 69.6 Å². The minimum absolute atomic E-state index is 0.0796. The van der Waals surface area contributed by atoms with Crippen LogP contribution in [0.4, 0.5) is 0 Å². The van der Waals surface area contributed by atoms with Gasteiger partial charge in [0.05, 0.1) is 5.39 Å². The number of rotatable bonds is 11. The number of furan rings is 1. The lowest BCUT2D eigenvalue weighted by Crippen LogP contribution is -2.31. The molecule has 2 aromatic heterocycles. The van der Waals surface area contributed by atoms with Gasteiger partial charge in [0.25, 0.3) is 0 Å². The van der Waals surface area contributed by atoms with E-state index in [-0.39, 0.29) is 18.7 Å². The lowest BCUT2D eigenvalue weighted by molar-refractivity contribution is -0.155. The average molecular weight is 511 g/mol. The van der Waals surface area contributed by atoms with Crippen molar-refractivity contribution in [3.05, 3.63) is 63.9 Å². The number of hydrogen-bond acceptors (Lipinski definition) is 8. The van der Waals surface area contributed by atoms with Crippen LogP contribution < -0.4 is 5.69 Å². The minimum atomic E-state index is -0.719. The summed E-state index contributed by atoms with van der Waals surface area (Å²) in [5, 5.41) is 0.678. The molecule has 0 bridgehead atoms. The Bertz CT molecular complexity index is 1280. The van der Waals surface area contributed by atoms with Crippen LogP contribution >= 0.6 is 0 Å². The van der Waals surface area contributed by atoms with Crippen molar-refractivity contribution in [2.75, 3.05) is 6.61 Å². The maximum absolute atomic E-state index is 12.8. The fourth-order valence-corrected chi connectivity index (χ4v) is 4.58. The van der Waals surface area contributed by atoms with Gasteiger partial charge in [0.1, 0.15) is 30.8 Å². The highest BCUT2D eigenvalue weighted by atomic mass is 16.6. The van der Waals surface area contributed by atoms with Gasteiger partial charge in [-0.3, -0.25) is 14.2 Å². The predicted octanol–water partition coefficient (Wildman–Crippen LogP) is 4.29. The minimum Gasteiger partial charge on any atom is -0.463 e. The van der Waals surface area contributed by atoms with Gasteiger partial charge in [-0.1, -0.05) is 44.0 Å². The largest absolute Gasteiger partial charge is 0.463 e. The molecule has 3 heterocycles. The third kappa shape index (κ3) is 7.07. The lowest BCUT2D eigenvalue weighted by atomic mass is 10.0. The van der Waals surface area contributed by atoms with Gasteiger partial charge in [0.15, 0.2) is 0 Å². The first-order valence-corrected chi connectivity index (χ1v) is 12.9. The molecular formula is C28H34N2O7. The zero-order valence-corrected chi connectivity index (χ0v) is 21.6. The summed E-state index contributed by atoms with van der Waals surface area (Å²) >= 11 is 0. The van der Waals surface area contributed by atoms with Crippen molar-refractivity contribution in [1.29, 1.82) is 0 Å². The molecule has 1 saturated heterocycles. The van der Waals surface area contributed by atoms with Crippen LogP contribution in [0.2, 0.25) is 0 Å². The van der Waals surface area contributed by atoms with Gasteiger partial charge < -0.3 is 18.6 Å². The highest BCUT2D eigenvalue weighted by Crippen LogP contribution is 2.31. The van der Waals surface area contributed by atoms with Crippen LogP contribution in [-0.4, -0.2) is 40.3 Å². The fraction of sp³-hybridized carbons (Fsp3) is 0.500. The Balaban J connectivity index is 1.43. The van der Waals surface area contributed by atoms with E-state index in [0.717, 1.165) is 18.6 Å². The molecule has 3 atom stereocenters. The van der Waals surface area contributed by atoms with Crippen LogP contribution in [0.25, 0.3) is 11.1 Å². The molecule has 0 N–H and O–H groups in total. The van der Waals surface area contributed by atoms with E-state index in [9.17, 15) is 14.4 Å². The summed E-state index contributed by atoms with van der Waals surface area (Å²) in [5.74, 6) is -0.208. The Kier molecular flexibility index (Phi) is 8.76. The van der Waals surface area contributed by atoms with Crippen molar-refractivity contribution >= 4 is 23.0 Å². The van der Waals surface area contributed by atoms with Crippen molar-refractivity contribution in [3.8, 4) is 0 Å². The van der Waals surface area contributed by atoms with Gasteiger partial charge in [-0.2, -0.15) is 4.98 Å². The number of fused-ring (bicyclic) bond motifs is 1. The third-order valence-corrected chi connectivity index (χ3v) is 6.50. The summed E-state index contributed by atoms with van der Waals surface area (Å²) in [6.45, 7) is 4.71. The normalized spacial score (nSPS) is 19.3. The molecule has 1 aromatic carbocycles. The van der Waals surface area contributed by atoms with Crippen molar-refractivity contribution < 1.29 is 28.2 Å². The second-order valence-corrected chi connectivity index (χ2v) is 9.49. The molecule has 0 amide bonds. The third-order valence-electron chi connectivity index (χ3n) is 6.50. The number of carbonyl (C=O) groups excluding carboxylic acids is 2. The zero-order valence-electron chi connectivity index (χ0n) is 21.6. The average Bonchev–Trinajstić information content (AvgIpc) is 3.44. The van der Waals surface area contributed by atoms with Gasteiger partial charge in [0, 0.05) is 32.9 Å². The van der Waals surface area contributed by atoms with Crippen LogP contribution in [0, 0.1) is 0 Å². The highest BCUT2D eigenvalue weighted by Gasteiger charge is 2.39. The first-order valence-electron chi connectivity index (χ1n) is 12.9. The molecular weight excluding hydrogens is 476 g/mol. The van der Waals surface area contributed by atoms with Crippen molar-refractivity contribution in [3.63, 3.8) is 0 Å². The number of nitrogens with zero attached hydrogens (tertiary/aromatic N) is 2.